The number of ether oxygens (including phenoxy) is 1. The highest BCUT2D eigenvalue weighted by Gasteiger charge is 2.16. The maximum absolute atomic E-state index is 5.89. The number of nitrogens with one attached hydrogen (secondary N) is 2. The number of benzene rings is 2. The lowest BCUT2D eigenvalue weighted by Crippen LogP contribution is -2.37. The normalized spacial score (nSPS) is 13.9. The van der Waals surface area contributed by atoms with Crippen LogP contribution < -0.4 is 15.6 Å². The van der Waals surface area contributed by atoms with Crippen LogP contribution in [0.25, 0.3) is 11.3 Å². The number of rotatable bonds is 7. The largest absolute Gasteiger partial charge is 0.455 e. The number of aromatic nitrogens is 3. The van der Waals surface area contributed by atoms with E-state index >= 15 is 0 Å². The molecule has 0 saturated carbocycles. The number of hydrogen-bond donors (Lipinski definition) is 2. The third-order valence-electron chi connectivity index (χ3n) is 5.04. The van der Waals surface area contributed by atoms with Crippen LogP contribution in [0.15, 0.2) is 80.7 Å². The summed E-state index contributed by atoms with van der Waals surface area (Å²) in [6.07, 6.45) is 1.59. The summed E-state index contributed by atoms with van der Waals surface area (Å²) in [6, 6.07) is 21.4. The lowest BCUT2D eigenvalue weighted by atomic mass is 10.2. The fourth-order valence-electron chi connectivity index (χ4n) is 3.40. The van der Waals surface area contributed by atoms with Crippen molar-refractivity contribution >= 4 is 45.7 Å². The van der Waals surface area contributed by atoms with Gasteiger partial charge in [-0.2, -0.15) is 20.1 Å². The van der Waals surface area contributed by atoms with Crippen molar-refractivity contribution in [2.75, 3.05) is 41.9 Å². The maximum atomic E-state index is 5.89. The number of morpholine rings is 1. The number of furan rings is 1. The Hall–Kier alpha value is -3.76. The van der Waals surface area contributed by atoms with Gasteiger partial charge in [-0.15, -0.1) is 0 Å². The molecule has 172 valence electrons. The molecule has 1 aliphatic rings. The van der Waals surface area contributed by atoms with E-state index in [1.807, 2.05) is 66.7 Å². The third-order valence-corrected chi connectivity index (χ3v) is 5.53. The van der Waals surface area contributed by atoms with Crippen LogP contribution in [0.2, 0.25) is 0 Å². The molecule has 1 saturated heterocycles. The standard InChI is InChI=1S/C24H22BrN7O2/c25-18-6-4-5-17(15-18)21-10-9-20(34-21)16-26-31-23-28-22(27-19-7-2-1-3-8-19)29-24(30-23)32-11-13-33-14-12-32/h1-10,15-16H,11-14H2,(H2,27,28,29,30,31). The van der Waals surface area contributed by atoms with Crippen LogP contribution in [0.5, 0.6) is 0 Å². The molecule has 3 heterocycles. The molecule has 0 radical (unpaired) electrons. The molecule has 1 aliphatic heterocycles. The van der Waals surface area contributed by atoms with E-state index in [0.29, 0.717) is 49.9 Å². The van der Waals surface area contributed by atoms with Crippen molar-refractivity contribution in [2.45, 2.75) is 0 Å². The second-order valence-corrected chi connectivity index (χ2v) is 8.37. The van der Waals surface area contributed by atoms with Crippen molar-refractivity contribution in [1.29, 1.82) is 0 Å². The van der Waals surface area contributed by atoms with Gasteiger partial charge in [0.1, 0.15) is 11.5 Å². The average molecular weight is 520 g/mol. The Kier molecular flexibility index (Phi) is 6.78. The lowest BCUT2D eigenvalue weighted by molar-refractivity contribution is 0.122. The van der Waals surface area contributed by atoms with Gasteiger partial charge in [-0.05, 0) is 36.4 Å². The third kappa shape index (κ3) is 5.59. The summed E-state index contributed by atoms with van der Waals surface area (Å²) in [4.78, 5) is 15.7. The fraction of sp³-hybridized carbons (Fsp3) is 0.167. The molecule has 2 aromatic heterocycles. The van der Waals surface area contributed by atoms with E-state index in [0.717, 1.165) is 21.5 Å². The number of para-hydroxylation sites is 1. The molecular formula is C24H22BrN7O2. The molecular weight excluding hydrogens is 498 g/mol. The van der Waals surface area contributed by atoms with E-state index in [-0.39, 0.29) is 0 Å². The Morgan fingerprint density at radius 2 is 1.74 bits per heavy atom. The molecule has 9 nitrogen and oxygen atoms in total. The zero-order chi connectivity index (χ0) is 23.2. The van der Waals surface area contributed by atoms with Crippen molar-refractivity contribution in [3.8, 4) is 11.3 Å². The first-order valence-corrected chi connectivity index (χ1v) is 11.6. The van der Waals surface area contributed by atoms with Crippen LogP contribution in [0.1, 0.15) is 5.76 Å². The van der Waals surface area contributed by atoms with Gasteiger partial charge in [-0.3, -0.25) is 0 Å². The molecule has 0 spiro atoms. The van der Waals surface area contributed by atoms with Gasteiger partial charge in [0.15, 0.2) is 0 Å². The molecule has 2 N–H and O–H groups in total. The summed E-state index contributed by atoms with van der Waals surface area (Å²) in [5, 5.41) is 7.49. The first kappa shape index (κ1) is 22.1. The van der Waals surface area contributed by atoms with E-state index in [1.165, 1.54) is 0 Å². The first-order valence-electron chi connectivity index (χ1n) is 10.8. The Balaban J connectivity index is 1.34. The second-order valence-electron chi connectivity index (χ2n) is 7.46. The topological polar surface area (TPSA) is 101 Å². The molecule has 0 bridgehead atoms. The SMILES string of the molecule is Brc1cccc(-c2ccc(C=NNc3nc(Nc4ccccc4)nc(N4CCOCC4)n3)o2)c1. The van der Waals surface area contributed by atoms with E-state index < -0.39 is 0 Å². The Morgan fingerprint density at radius 1 is 0.912 bits per heavy atom. The van der Waals surface area contributed by atoms with Crippen LogP contribution in [-0.2, 0) is 4.74 Å². The van der Waals surface area contributed by atoms with Gasteiger partial charge in [0.2, 0.25) is 17.8 Å². The zero-order valence-corrected chi connectivity index (χ0v) is 19.8. The van der Waals surface area contributed by atoms with Crippen LogP contribution in [0.3, 0.4) is 0 Å². The van der Waals surface area contributed by atoms with Crippen LogP contribution in [0, 0.1) is 0 Å². The Morgan fingerprint density at radius 3 is 2.56 bits per heavy atom. The highest BCUT2D eigenvalue weighted by atomic mass is 79.9. The lowest BCUT2D eigenvalue weighted by Gasteiger charge is -2.27. The van der Waals surface area contributed by atoms with E-state index in [9.17, 15) is 0 Å². The summed E-state index contributed by atoms with van der Waals surface area (Å²) in [5.41, 5.74) is 4.76. The van der Waals surface area contributed by atoms with Crippen LogP contribution in [0.4, 0.5) is 23.5 Å². The Labute approximate surface area is 205 Å². The maximum Gasteiger partial charge on any atom is 0.250 e. The number of halogens is 1. The van der Waals surface area contributed by atoms with Gasteiger partial charge in [0, 0.05) is 28.8 Å². The van der Waals surface area contributed by atoms with Crippen molar-refractivity contribution in [3.05, 3.63) is 77.0 Å². The monoisotopic (exact) mass is 519 g/mol. The van der Waals surface area contributed by atoms with Gasteiger partial charge in [-0.25, -0.2) is 5.43 Å². The second kappa shape index (κ2) is 10.4. The molecule has 5 rings (SSSR count). The molecule has 1 fully saturated rings. The van der Waals surface area contributed by atoms with Crippen molar-refractivity contribution in [1.82, 2.24) is 15.0 Å². The summed E-state index contributed by atoms with van der Waals surface area (Å²) in [6.45, 7) is 2.68. The Bertz CT molecular complexity index is 1270. The van der Waals surface area contributed by atoms with Crippen molar-refractivity contribution < 1.29 is 9.15 Å². The quantitative estimate of drug-likeness (QED) is 0.262. The molecule has 2 aromatic carbocycles. The summed E-state index contributed by atoms with van der Waals surface area (Å²) >= 11 is 3.48. The van der Waals surface area contributed by atoms with Gasteiger partial charge >= 0.3 is 0 Å². The smallest absolute Gasteiger partial charge is 0.250 e. The number of nitrogens with zero attached hydrogens (tertiary/aromatic N) is 5. The number of hydrazone groups is 1. The van der Waals surface area contributed by atoms with E-state index in [4.69, 9.17) is 9.15 Å². The van der Waals surface area contributed by atoms with Gasteiger partial charge in [0.05, 0.1) is 19.4 Å². The predicted octanol–water partition coefficient (Wildman–Crippen LogP) is 4.92. The molecule has 0 amide bonds. The molecule has 10 heteroatoms. The molecule has 0 atom stereocenters. The van der Waals surface area contributed by atoms with E-state index in [1.54, 1.807) is 6.21 Å². The van der Waals surface area contributed by atoms with Crippen molar-refractivity contribution in [3.63, 3.8) is 0 Å². The minimum Gasteiger partial charge on any atom is -0.455 e. The molecule has 4 aromatic rings. The minimum absolute atomic E-state index is 0.324. The minimum atomic E-state index is 0.324. The molecule has 0 unspecified atom stereocenters. The predicted molar refractivity (Wildman–Crippen MR) is 136 cm³/mol. The van der Waals surface area contributed by atoms with Gasteiger partial charge < -0.3 is 19.4 Å². The average Bonchev–Trinajstić information content (AvgIpc) is 3.34. The van der Waals surface area contributed by atoms with Crippen molar-refractivity contribution in [2.24, 2.45) is 5.10 Å². The molecule has 0 aliphatic carbocycles. The highest BCUT2D eigenvalue weighted by Crippen LogP contribution is 2.24. The molecule has 34 heavy (non-hydrogen) atoms. The number of anilines is 4. The summed E-state index contributed by atoms with van der Waals surface area (Å²) in [5.74, 6) is 2.67. The summed E-state index contributed by atoms with van der Waals surface area (Å²) in [7, 11) is 0. The zero-order valence-electron chi connectivity index (χ0n) is 18.2. The highest BCUT2D eigenvalue weighted by molar-refractivity contribution is 9.10. The van der Waals surface area contributed by atoms with Crippen LogP contribution >= 0.6 is 15.9 Å². The number of hydrogen-bond acceptors (Lipinski definition) is 9. The first-order chi connectivity index (χ1) is 16.7. The van der Waals surface area contributed by atoms with E-state index in [2.05, 4.69) is 51.6 Å². The van der Waals surface area contributed by atoms with Gasteiger partial charge in [0.25, 0.3) is 0 Å². The summed E-state index contributed by atoms with van der Waals surface area (Å²) < 4.78 is 12.3. The van der Waals surface area contributed by atoms with Crippen LogP contribution in [-0.4, -0.2) is 47.5 Å². The fourth-order valence-corrected chi connectivity index (χ4v) is 3.80. The van der Waals surface area contributed by atoms with Gasteiger partial charge in [-0.1, -0.05) is 46.3 Å².